The Morgan fingerprint density at radius 1 is 0.838 bits per heavy atom. The number of carbonyl (C=O) groups excluding carboxylic acids is 3. The molecule has 0 aromatic rings. The summed E-state index contributed by atoms with van der Waals surface area (Å²) in [5, 5.41) is 7.92. The molecule has 37 heavy (non-hydrogen) atoms. The quantitative estimate of drug-likeness (QED) is 0.0886. The lowest BCUT2D eigenvalue weighted by Gasteiger charge is -2.44. The van der Waals surface area contributed by atoms with E-state index in [2.05, 4.69) is 0 Å². The van der Waals surface area contributed by atoms with Gasteiger partial charge in [-0.05, 0) is 34.1 Å². The maximum absolute atomic E-state index is 13.4. The zero-order valence-corrected chi connectivity index (χ0v) is 24.7. The molecule has 0 bridgehead atoms. The number of rotatable bonds is 11. The Morgan fingerprint density at radius 3 is 1.68 bits per heavy atom. The van der Waals surface area contributed by atoms with Crippen molar-refractivity contribution in [1.29, 1.82) is 5.41 Å². The van der Waals surface area contributed by atoms with Gasteiger partial charge in [0.2, 0.25) is 18.3 Å². The molecular formula is C21H33Cl3NO11P. The number of nitrogens with one attached hydrogen (secondary N) is 1. The predicted octanol–water partition coefficient (Wildman–Crippen LogP) is 4.30. The summed E-state index contributed by atoms with van der Waals surface area (Å²) in [6, 6.07) is 0. The Bertz CT molecular complexity index is 866. The first-order valence-corrected chi connectivity index (χ1v) is 14.2. The normalized spacial score (nSPS) is 24.5. The second kappa shape index (κ2) is 14.3. The van der Waals surface area contributed by atoms with Crippen molar-refractivity contribution in [2.75, 3.05) is 6.16 Å². The maximum Gasteiger partial charge on any atom is 0.331 e. The number of alkyl halides is 3. The van der Waals surface area contributed by atoms with E-state index in [1.165, 1.54) is 0 Å². The van der Waals surface area contributed by atoms with Crippen LogP contribution in [0.4, 0.5) is 0 Å². The van der Waals surface area contributed by atoms with Gasteiger partial charge in [-0.15, -0.1) is 0 Å². The molecule has 0 aliphatic carbocycles. The molecule has 1 aliphatic heterocycles. The van der Waals surface area contributed by atoms with E-state index in [1.807, 2.05) is 0 Å². The van der Waals surface area contributed by atoms with E-state index >= 15 is 0 Å². The van der Waals surface area contributed by atoms with Gasteiger partial charge in [0.1, 0.15) is 6.10 Å². The second-order valence-corrected chi connectivity index (χ2v) is 13.0. The number of halogens is 3. The SMILES string of the molecule is CC(=O)O[C@H]1[C@H](OC(C)=O)[C@@H](CCP(=O)(OC(C)C)OC(C)C)OC(OC(=N)C(Cl)(Cl)Cl)[C@H]1OC(C)=O. The van der Waals surface area contributed by atoms with Gasteiger partial charge in [0.05, 0.1) is 18.4 Å². The average molecular weight is 613 g/mol. The smallest absolute Gasteiger partial charge is 0.331 e. The highest BCUT2D eigenvalue weighted by molar-refractivity contribution is 7.53. The van der Waals surface area contributed by atoms with Gasteiger partial charge in [-0.2, -0.15) is 0 Å². The molecule has 214 valence electrons. The fourth-order valence-electron chi connectivity index (χ4n) is 3.42. The first-order valence-electron chi connectivity index (χ1n) is 11.3. The molecule has 0 aromatic heterocycles. The third-order valence-electron chi connectivity index (χ3n) is 4.42. The Morgan fingerprint density at radius 2 is 1.27 bits per heavy atom. The third-order valence-corrected chi connectivity index (χ3v) is 7.23. The minimum Gasteiger partial charge on any atom is -0.456 e. The van der Waals surface area contributed by atoms with Crippen LogP contribution in [-0.2, 0) is 51.7 Å². The van der Waals surface area contributed by atoms with Gasteiger partial charge in [0, 0.05) is 20.8 Å². The van der Waals surface area contributed by atoms with Gasteiger partial charge in [-0.25, -0.2) is 0 Å². The van der Waals surface area contributed by atoms with Gasteiger partial charge >= 0.3 is 25.5 Å². The molecule has 0 spiro atoms. The topological polar surface area (TPSA) is 157 Å². The summed E-state index contributed by atoms with van der Waals surface area (Å²) in [4.78, 5) is 35.8. The van der Waals surface area contributed by atoms with Crippen molar-refractivity contribution in [1.82, 2.24) is 0 Å². The van der Waals surface area contributed by atoms with Crippen LogP contribution in [0.2, 0.25) is 0 Å². The molecule has 1 fully saturated rings. The molecule has 1 heterocycles. The average Bonchev–Trinajstić information content (AvgIpc) is 2.68. The fraction of sp³-hybridized carbons (Fsp3) is 0.810. The van der Waals surface area contributed by atoms with Crippen LogP contribution in [0.25, 0.3) is 0 Å². The molecule has 0 saturated carbocycles. The van der Waals surface area contributed by atoms with Crippen LogP contribution in [0, 0.1) is 5.41 Å². The Balaban J connectivity index is 3.48. The largest absolute Gasteiger partial charge is 0.456 e. The number of hydrogen-bond donors (Lipinski definition) is 1. The van der Waals surface area contributed by atoms with Crippen molar-refractivity contribution in [3.8, 4) is 0 Å². The third kappa shape index (κ3) is 11.6. The van der Waals surface area contributed by atoms with E-state index in [-0.39, 0.29) is 12.6 Å². The highest BCUT2D eigenvalue weighted by Gasteiger charge is 2.54. The van der Waals surface area contributed by atoms with Crippen molar-refractivity contribution in [3.05, 3.63) is 0 Å². The zero-order chi connectivity index (χ0) is 28.7. The van der Waals surface area contributed by atoms with E-state index in [0.717, 1.165) is 20.8 Å². The summed E-state index contributed by atoms with van der Waals surface area (Å²) in [6.07, 6.45) is -8.38. The number of hydrogen-bond acceptors (Lipinski definition) is 12. The van der Waals surface area contributed by atoms with E-state index in [0.29, 0.717) is 0 Å². The van der Waals surface area contributed by atoms with E-state index in [1.54, 1.807) is 27.7 Å². The summed E-state index contributed by atoms with van der Waals surface area (Å²) in [5.41, 5.74) is 0. The Kier molecular flexibility index (Phi) is 13.1. The van der Waals surface area contributed by atoms with Crippen molar-refractivity contribution in [3.63, 3.8) is 0 Å². The summed E-state index contributed by atoms with van der Waals surface area (Å²) in [7, 11) is -3.68. The van der Waals surface area contributed by atoms with Crippen LogP contribution in [-0.4, -0.2) is 76.7 Å². The monoisotopic (exact) mass is 611 g/mol. The van der Waals surface area contributed by atoms with Gasteiger partial charge in [-0.3, -0.25) is 24.4 Å². The van der Waals surface area contributed by atoms with Crippen LogP contribution in [0.1, 0.15) is 54.9 Å². The maximum atomic E-state index is 13.4. The van der Waals surface area contributed by atoms with Gasteiger partial charge in [0.15, 0.2) is 12.2 Å². The second-order valence-electron chi connectivity index (χ2n) is 8.64. The summed E-state index contributed by atoms with van der Waals surface area (Å²) in [6.45, 7) is 9.99. The Hall–Kier alpha value is -1.14. The molecule has 16 heteroatoms. The van der Waals surface area contributed by atoms with E-state index in [4.69, 9.17) is 72.9 Å². The molecule has 12 nitrogen and oxygen atoms in total. The molecule has 1 rings (SSSR count). The number of esters is 3. The summed E-state index contributed by atoms with van der Waals surface area (Å²) < 4.78 is 49.4. The van der Waals surface area contributed by atoms with Crippen LogP contribution < -0.4 is 0 Å². The van der Waals surface area contributed by atoms with Crippen molar-refractivity contribution in [2.45, 2.75) is 102 Å². The minimum atomic E-state index is -3.68. The molecular weight excluding hydrogens is 580 g/mol. The summed E-state index contributed by atoms with van der Waals surface area (Å²) >= 11 is 17.2. The lowest BCUT2D eigenvalue weighted by molar-refractivity contribution is -0.287. The predicted molar refractivity (Wildman–Crippen MR) is 134 cm³/mol. The van der Waals surface area contributed by atoms with Crippen LogP contribution in [0.15, 0.2) is 0 Å². The zero-order valence-electron chi connectivity index (χ0n) is 21.5. The van der Waals surface area contributed by atoms with Gasteiger partial charge in [0.25, 0.3) is 3.79 Å². The van der Waals surface area contributed by atoms with Crippen molar-refractivity contribution < 1.29 is 51.7 Å². The van der Waals surface area contributed by atoms with E-state index < -0.39 is 78.1 Å². The molecule has 0 amide bonds. The fourth-order valence-corrected chi connectivity index (χ4v) is 5.67. The highest BCUT2D eigenvalue weighted by atomic mass is 35.6. The standard InChI is InChI=1S/C21H33Cl3NO11P/c1-10(2)35-37(29,36-11(3)4)9-8-15-16(30-12(5)26)17(31-13(6)27)18(32-14(7)28)19(33-15)34-20(25)21(22,23)24/h10-11,15-19,25H,8-9H2,1-7H3/t15-,16-,17+,18+,19?/m1/s1. The van der Waals surface area contributed by atoms with Gasteiger partial charge in [-0.1, -0.05) is 34.8 Å². The highest BCUT2D eigenvalue weighted by Crippen LogP contribution is 2.52. The molecule has 1 saturated heterocycles. The number of ether oxygens (including phenoxy) is 5. The van der Waals surface area contributed by atoms with Crippen LogP contribution >= 0.6 is 42.4 Å². The van der Waals surface area contributed by atoms with E-state index in [9.17, 15) is 18.9 Å². The first-order chi connectivity index (χ1) is 16.8. The van der Waals surface area contributed by atoms with Gasteiger partial charge < -0.3 is 32.7 Å². The lowest BCUT2D eigenvalue weighted by atomic mass is 9.96. The van der Waals surface area contributed by atoms with Crippen molar-refractivity contribution >= 4 is 66.2 Å². The number of carbonyl (C=O) groups is 3. The minimum absolute atomic E-state index is 0.125. The lowest BCUT2D eigenvalue weighted by Crippen LogP contribution is -2.62. The molecule has 1 aliphatic rings. The molecule has 1 N–H and O–H groups in total. The molecule has 0 radical (unpaired) electrons. The molecule has 0 aromatic carbocycles. The van der Waals surface area contributed by atoms with Crippen LogP contribution in [0.3, 0.4) is 0 Å². The molecule has 1 unspecified atom stereocenters. The Labute approximate surface area is 230 Å². The molecule has 5 atom stereocenters. The first kappa shape index (κ1) is 33.9. The van der Waals surface area contributed by atoms with Crippen LogP contribution in [0.5, 0.6) is 0 Å². The van der Waals surface area contributed by atoms with Crippen molar-refractivity contribution in [2.24, 2.45) is 0 Å². The summed E-state index contributed by atoms with van der Waals surface area (Å²) in [5.74, 6) is -3.30.